The van der Waals surface area contributed by atoms with Crippen LogP contribution in [0.5, 0.6) is 0 Å². The first-order chi connectivity index (χ1) is 9.26. The van der Waals surface area contributed by atoms with E-state index in [9.17, 15) is 0 Å². The van der Waals surface area contributed by atoms with Crippen LogP contribution in [0.4, 0.5) is 0 Å². The zero-order chi connectivity index (χ0) is 13.2. The number of fused-ring (bicyclic) bond motifs is 1. The van der Waals surface area contributed by atoms with E-state index in [4.69, 9.17) is 10.1 Å². The summed E-state index contributed by atoms with van der Waals surface area (Å²) in [5, 5.41) is 12.4. The molecule has 3 rings (SSSR count). The Labute approximate surface area is 118 Å². The van der Waals surface area contributed by atoms with Crippen molar-refractivity contribution < 1.29 is 5.11 Å². The Kier molecular flexibility index (Phi) is 3.67. The van der Waals surface area contributed by atoms with Gasteiger partial charge in [-0.3, -0.25) is 0 Å². The highest BCUT2D eigenvalue weighted by atomic mass is 32.1. The van der Waals surface area contributed by atoms with Crippen LogP contribution in [0.3, 0.4) is 0 Å². The van der Waals surface area contributed by atoms with Gasteiger partial charge in [0.25, 0.3) is 0 Å². The predicted molar refractivity (Wildman–Crippen MR) is 79.5 cm³/mol. The molecule has 1 atom stereocenters. The summed E-state index contributed by atoms with van der Waals surface area (Å²) in [5.74, 6) is 0.291. The molecule has 0 spiro atoms. The summed E-state index contributed by atoms with van der Waals surface area (Å²) in [5.41, 5.74) is 5.32. The van der Waals surface area contributed by atoms with Crippen LogP contribution in [0.15, 0.2) is 23.6 Å². The van der Waals surface area contributed by atoms with Gasteiger partial charge >= 0.3 is 0 Å². The van der Waals surface area contributed by atoms with E-state index < -0.39 is 0 Å². The van der Waals surface area contributed by atoms with Gasteiger partial charge in [0.05, 0.1) is 10.7 Å². The number of hydrogen-bond acceptors (Lipinski definition) is 3. The number of aromatic nitrogens is 1. The number of aliphatic hydroxyl groups excluding tert-OH is 1. The van der Waals surface area contributed by atoms with Crippen molar-refractivity contribution in [2.45, 2.75) is 32.6 Å². The molecule has 0 saturated carbocycles. The second kappa shape index (κ2) is 5.43. The predicted octanol–water partition coefficient (Wildman–Crippen LogP) is 3.47. The van der Waals surface area contributed by atoms with E-state index >= 15 is 0 Å². The summed E-state index contributed by atoms with van der Waals surface area (Å²) in [6.45, 7) is 2.28. The summed E-state index contributed by atoms with van der Waals surface area (Å²) in [6.07, 6.45) is 4.59. The highest BCUT2D eigenvalue weighted by molar-refractivity contribution is 7.09. The Morgan fingerprint density at radius 1 is 1.32 bits per heavy atom. The molecule has 0 saturated heterocycles. The SMILES string of the molecule is CC(CO)Cc1nc(-c2ccc3c(c2)CCC3)cs1. The maximum absolute atomic E-state index is 9.10. The smallest absolute Gasteiger partial charge is 0.0936 e. The number of aryl methyl sites for hydroxylation is 2. The van der Waals surface area contributed by atoms with Crippen LogP contribution in [0.1, 0.15) is 29.5 Å². The Hall–Kier alpha value is -1.19. The largest absolute Gasteiger partial charge is 0.396 e. The molecule has 0 radical (unpaired) electrons. The van der Waals surface area contributed by atoms with Gasteiger partial charge in [-0.05, 0) is 42.4 Å². The van der Waals surface area contributed by atoms with Crippen molar-refractivity contribution in [3.05, 3.63) is 39.7 Å². The van der Waals surface area contributed by atoms with Gasteiger partial charge in [-0.2, -0.15) is 0 Å². The second-order valence-corrected chi connectivity index (χ2v) is 6.40. The van der Waals surface area contributed by atoms with Crippen LogP contribution in [-0.2, 0) is 19.3 Å². The number of nitrogens with zero attached hydrogens (tertiary/aromatic N) is 1. The third kappa shape index (κ3) is 2.72. The average molecular weight is 273 g/mol. The van der Waals surface area contributed by atoms with E-state index in [1.54, 1.807) is 11.3 Å². The number of benzene rings is 1. The van der Waals surface area contributed by atoms with Crippen molar-refractivity contribution in [1.82, 2.24) is 4.98 Å². The molecular formula is C16H19NOS. The summed E-state index contributed by atoms with van der Waals surface area (Å²) in [4.78, 5) is 4.70. The van der Waals surface area contributed by atoms with Gasteiger partial charge in [-0.25, -0.2) is 4.98 Å². The lowest BCUT2D eigenvalue weighted by Crippen LogP contribution is -2.04. The van der Waals surface area contributed by atoms with Gasteiger partial charge in [0.1, 0.15) is 0 Å². The molecule has 1 aliphatic rings. The molecule has 1 unspecified atom stereocenters. The number of rotatable bonds is 4. The first kappa shape index (κ1) is 12.8. The molecule has 19 heavy (non-hydrogen) atoms. The van der Waals surface area contributed by atoms with Crippen LogP contribution in [0, 0.1) is 5.92 Å². The van der Waals surface area contributed by atoms with Gasteiger partial charge < -0.3 is 5.11 Å². The maximum Gasteiger partial charge on any atom is 0.0936 e. The van der Waals surface area contributed by atoms with Crippen LogP contribution in [0.25, 0.3) is 11.3 Å². The molecule has 1 aliphatic carbocycles. The Morgan fingerprint density at radius 3 is 3.00 bits per heavy atom. The van der Waals surface area contributed by atoms with Crippen LogP contribution >= 0.6 is 11.3 Å². The first-order valence-corrected chi connectivity index (χ1v) is 7.81. The molecular weight excluding hydrogens is 254 g/mol. The highest BCUT2D eigenvalue weighted by Crippen LogP contribution is 2.29. The highest BCUT2D eigenvalue weighted by Gasteiger charge is 2.13. The minimum absolute atomic E-state index is 0.230. The minimum atomic E-state index is 0.230. The van der Waals surface area contributed by atoms with Crippen molar-refractivity contribution in [2.75, 3.05) is 6.61 Å². The van der Waals surface area contributed by atoms with Crippen LogP contribution < -0.4 is 0 Å². The third-order valence-electron chi connectivity index (χ3n) is 3.78. The number of aliphatic hydroxyl groups is 1. The lowest BCUT2D eigenvalue weighted by molar-refractivity contribution is 0.237. The molecule has 0 fully saturated rings. The van der Waals surface area contributed by atoms with Gasteiger partial charge in [-0.15, -0.1) is 11.3 Å². The summed E-state index contributed by atoms with van der Waals surface area (Å²) >= 11 is 1.70. The fraction of sp³-hybridized carbons (Fsp3) is 0.438. The van der Waals surface area contributed by atoms with Gasteiger partial charge in [0.2, 0.25) is 0 Å². The van der Waals surface area contributed by atoms with Crippen molar-refractivity contribution in [3.63, 3.8) is 0 Å². The van der Waals surface area contributed by atoms with Crippen LogP contribution in [-0.4, -0.2) is 16.7 Å². The van der Waals surface area contributed by atoms with Gasteiger partial charge in [0.15, 0.2) is 0 Å². The van der Waals surface area contributed by atoms with Crippen molar-refractivity contribution in [2.24, 2.45) is 5.92 Å². The molecule has 100 valence electrons. The molecule has 3 heteroatoms. The molecule has 1 aromatic carbocycles. The van der Waals surface area contributed by atoms with Crippen LogP contribution in [0.2, 0.25) is 0 Å². The molecule has 0 amide bonds. The second-order valence-electron chi connectivity index (χ2n) is 5.46. The van der Waals surface area contributed by atoms with E-state index in [1.165, 1.54) is 36.0 Å². The lowest BCUT2D eigenvalue weighted by atomic mass is 10.0. The third-order valence-corrected chi connectivity index (χ3v) is 4.65. The number of hydrogen-bond donors (Lipinski definition) is 1. The van der Waals surface area contributed by atoms with E-state index in [1.807, 2.05) is 0 Å². The molecule has 2 aromatic rings. The normalized spacial score (nSPS) is 15.5. The van der Waals surface area contributed by atoms with E-state index in [-0.39, 0.29) is 6.61 Å². The zero-order valence-electron chi connectivity index (χ0n) is 11.2. The topological polar surface area (TPSA) is 33.1 Å². The Morgan fingerprint density at radius 2 is 2.16 bits per heavy atom. The summed E-state index contributed by atoms with van der Waals surface area (Å²) < 4.78 is 0. The maximum atomic E-state index is 9.10. The quantitative estimate of drug-likeness (QED) is 0.925. The van der Waals surface area contributed by atoms with Crippen molar-refractivity contribution in [3.8, 4) is 11.3 Å². The van der Waals surface area contributed by atoms with Gasteiger partial charge in [0, 0.05) is 24.0 Å². The first-order valence-electron chi connectivity index (χ1n) is 6.93. The number of thiazole rings is 1. The fourth-order valence-electron chi connectivity index (χ4n) is 2.63. The molecule has 0 bridgehead atoms. The van der Waals surface area contributed by atoms with Gasteiger partial charge in [-0.1, -0.05) is 19.1 Å². The Bertz CT molecular complexity index is 576. The molecule has 2 nitrogen and oxygen atoms in total. The monoisotopic (exact) mass is 273 g/mol. The average Bonchev–Trinajstić information content (AvgIpc) is 3.05. The fourth-order valence-corrected chi connectivity index (χ4v) is 3.60. The molecule has 1 aromatic heterocycles. The standard InChI is InChI=1S/C16H19NOS/c1-11(9-18)7-16-17-15(10-19-16)14-6-5-12-3-2-4-13(12)8-14/h5-6,8,10-11,18H,2-4,7,9H2,1H3. The minimum Gasteiger partial charge on any atom is -0.396 e. The summed E-state index contributed by atoms with van der Waals surface area (Å²) in [6, 6.07) is 6.75. The lowest BCUT2D eigenvalue weighted by Gasteiger charge is -2.04. The van der Waals surface area contributed by atoms with E-state index in [0.717, 1.165) is 17.1 Å². The van der Waals surface area contributed by atoms with E-state index in [0.29, 0.717) is 5.92 Å². The molecule has 1 N–H and O–H groups in total. The van der Waals surface area contributed by atoms with Crippen molar-refractivity contribution >= 4 is 11.3 Å². The van der Waals surface area contributed by atoms with Crippen molar-refractivity contribution in [1.29, 1.82) is 0 Å². The molecule has 1 heterocycles. The summed E-state index contributed by atoms with van der Waals surface area (Å²) in [7, 11) is 0. The Balaban J connectivity index is 1.82. The molecule has 0 aliphatic heterocycles. The van der Waals surface area contributed by atoms with E-state index in [2.05, 4.69) is 30.5 Å². The zero-order valence-corrected chi connectivity index (χ0v) is 12.0.